The van der Waals surface area contributed by atoms with Gasteiger partial charge in [-0.2, -0.15) is 0 Å². The Bertz CT molecular complexity index is 629. The van der Waals surface area contributed by atoms with E-state index in [1.165, 1.54) is 70.6 Å². The Balaban J connectivity index is 4.57. The van der Waals surface area contributed by atoms with Gasteiger partial charge in [0.2, 0.25) is 5.91 Å². The van der Waals surface area contributed by atoms with Crippen LogP contribution in [0.5, 0.6) is 0 Å². The number of unbranched alkanes of at least 4 members (excludes halogenated alkanes) is 15. The summed E-state index contributed by atoms with van der Waals surface area (Å²) in [6.45, 7) is 4.79. The molecule has 0 rings (SSSR count). The maximum absolute atomic E-state index is 12.6. The van der Waals surface area contributed by atoms with Gasteiger partial charge >= 0.3 is 7.82 Å². The Kier molecular flexibility index (Phi) is 23.8. The molecule has 0 fully saturated rings. The summed E-state index contributed by atoms with van der Waals surface area (Å²) in [6.07, 6.45) is 19.9. The van der Waals surface area contributed by atoms with E-state index in [1.54, 1.807) is 0 Å². The standard InChI is InChI=1S/C30H63N2O6P/c1-6-8-10-12-14-15-16-18-19-21-23-29(33)28(27-38-39(35,36)37-26-25-32(3,4)5)31-30(34)24-22-20-17-13-11-9-7-2/h28-29,33H,6-27H2,1-5H3,(H-,31,34,35,36)/p+1/t28-,29+/m0/s1. The number of hydrogen-bond acceptors (Lipinski definition) is 5. The normalized spacial score (nSPS) is 15.2. The van der Waals surface area contributed by atoms with E-state index in [-0.39, 0.29) is 19.1 Å². The molecule has 1 unspecified atom stereocenters. The van der Waals surface area contributed by atoms with Gasteiger partial charge in [0, 0.05) is 6.42 Å². The molecule has 0 aromatic heterocycles. The van der Waals surface area contributed by atoms with E-state index in [9.17, 15) is 19.4 Å². The number of hydrogen-bond donors (Lipinski definition) is 3. The number of quaternary nitrogens is 1. The third-order valence-electron chi connectivity index (χ3n) is 7.11. The Morgan fingerprint density at radius 2 is 1.23 bits per heavy atom. The number of carbonyl (C=O) groups is 1. The fourth-order valence-electron chi connectivity index (χ4n) is 4.45. The Labute approximate surface area is 240 Å². The molecule has 39 heavy (non-hydrogen) atoms. The largest absolute Gasteiger partial charge is 0.472 e. The zero-order chi connectivity index (χ0) is 29.4. The molecule has 0 aromatic carbocycles. The van der Waals surface area contributed by atoms with Crippen LogP contribution < -0.4 is 5.32 Å². The van der Waals surface area contributed by atoms with Crippen LogP contribution in [-0.2, 0) is 18.4 Å². The lowest BCUT2D eigenvalue weighted by Gasteiger charge is -2.26. The topological polar surface area (TPSA) is 105 Å². The fourth-order valence-corrected chi connectivity index (χ4v) is 5.19. The van der Waals surface area contributed by atoms with Gasteiger partial charge in [-0.1, -0.05) is 117 Å². The zero-order valence-electron chi connectivity index (χ0n) is 26.1. The van der Waals surface area contributed by atoms with Crippen molar-refractivity contribution in [2.45, 2.75) is 148 Å². The molecule has 3 atom stereocenters. The highest BCUT2D eigenvalue weighted by molar-refractivity contribution is 7.47. The second-order valence-electron chi connectivity index (χ2n) is 12.2. The van der Waals surface area contributed by atoms with Gasteiger partial charge in [-0.15, -0.1) is 0 Å². The van der Waals surface area contributed by atoms with Crippen LogP contribution in [-0.4, -0.2) is 73.4 Å². The molecule has 8 nitrogen and oxygen atoms in total. The number of nitrogens with one attached hydrogen (secondary N) is 1. The van der Waals surface area contributed by atoms with Crippen molar-refractivity contribution in [2.75, 3.05) is 40.9 Å². The summed E-state index contributed by atoms with van der Waals surface area (Å²) >= 11 is 0. The lowest BCUT2D eigenvalue weighted by molar-refractivity contribution is -0.870. The minimum Gasteiger partial charge on any atom is -0.391 e. The second kappa shape index (κ2) is 24.1. The molecule has 0 saturated heterocycles. The van der Waals surface area contributed by atoms with Crippen LogP contribution in [0, 0.1) is 0 Å². The second-order valence-corrected chi connectivity index (χ2v) is 13.6. The van der Waals surface area contributed by atoms with E-state index in [1.807, 2.05) is 21.1 Å². The van der Waals surface area contributed by atoms with E-state index in [4.69, 9.17) is 9.05 Å². The number of aliphatic hydroxyl groups is 1. The predicted molar refractivity (Wildman–Crippen MR) is 162 cm³/mol. The highest BCUT2D eigenvalue weighted by atomic mass is 31.2. The van der Waals surface area contributed by atoms with E-state index >= 15 is 0 Å². The van der Waals surface area contributed by atoms with Gasteiger partial charge in [0.15, 0.2) is 0 Å². The molecule has 234 valence electrons. The molecule has 0 radical (unpaired) electrons. The third kappa shape index (κ3) is 26.2. The van der Waals surface area contributed by atoms with Gasteiger partial charge in [0.05, 0.1) is 39.9 Å². The summed E-state index contributed by atoms with van der Waals surface area (Å²) in [5.41, 5.74) is 0. The number of nitrogens with zero attached hydrogens (tertiary/aromatic N) is 1. The molecule has 9 heteroatoms. The number of amides is 1. The summed E-state index contributed by atoms with van der Waals surface area (Å²) in [6, 6.07) is -0.747. The minimum atomic E-state index is -4.28. The van der Waals surface area contributed by atoms with Crippen molar-refractivity contribution in [3.63, 3.8) is 0 Å². The van der Waals surface area contributed by atoms with Crippen molar-refractivity contribution in [2.24, 2.45) is 0 Å². The van der Waals surface area contributed by atoms with Gasteiger partial charge in [-0.05, 0) is 12.8 Å². The van der Waals surface area contributed by atoms with Crippen molar-refractivity contribution < 1.29 is 32.9 Å². The van der Waals surface area contributed by atoms with Gasteiger partial charge in [0.1, 0.15) is 13.2 Å². The number of likely N-dealkylation sites (N-methyl/N-ethyl adjacent to an activating group) is 1. The quantitative estimate of drug-likeness (QED) is 0.0518. The third-order valence-corrected chi connectivity index (χ3v) is 8.09. The SMILES string of the molecule is CCCCCCCCCCCC[C@@H](O)[C@H](COP(=O)(O)OCC[N+](C)(C)C)NC(=O)CCCCCCCCC. The monoisotopic (exact) mass is 579 g/mol. The first-order valence-corrected chi connectivity index (χ1v) is 17.4. The minimum absolute atomic E-state index is 0.0771. The molecule has 0 heterocycles. The first kappa shape index (κ1) is 38.5. The smallest absolute Gasteiger partial charge is 0.391 e. The maximum atomic E-state index is 12.6. The van der Waals surface area contributed by atoms with Crippen LogP contribution in [0.1, 0.15) is 136 Å². The van der Waals surface area contributed by atoms with Crippen LogP contribution in [0.25, 0.3) is 0 Å². The van der Waals surface area contributed by atoms with Crippen LogP contribution in [0.2, 0.25) is 0 Å². The highest BCUT2D eigenvalue weighted by Gasteiger charge is 2.28. The summed E-state index contributed by atoms with van der Waals surface area (Å²) in [5, 5.41) is 13.7. The first-order valence-electron chi connectivity index (χ1n) is 15.9. The predicted octanol–water partition coefficient (Wildman–Crippen LogP) is 7.12. The average Bonchev–Trinajstić information content (AvgIpc) is 2.86. The molecule has 0 saturated carbocycles. The van der Waals surface area contributed by atoms with Gasteiger partial charge in [-0.3, -0.25) is 13.8 Å². The summed E-state index contributed by atoms with van der Waals surface area (Å²) in [4.78, 5) is 22.7. The number of phosphoric ester groups is 1. The van der Waals surface area contributed by atoms with E-state index in [2.05, 4.69) is 19.2 Å². The molecule has 0 bridgehead atoms. The molecular weight excluding hydrogens is 515 g/mol. The van der Waals surface area contributed by atoms with Gasteiger partial charge < -0.3 is 19.8 Å². The van der Waals surface area contributed by atoms with Crippen molar-refractivity contribution in [1.82, 2.24) is 5.32 Å². The van der Waals surface area contributed by atoms with Crippen LogP contribution >= 0.6 is 7.82 Å². The highest BCUT2D eigenvalue weighted by Crippen LogP contribution is 2.43. The Morgan fingerprint density at radius 3 is 1.72 bits per heavy atom. The van der Waals surface area contributed by atoms with E-state index in [0.29, 0.717) is 23.9 Å². The summed E-state index contributed by atoms with van der Waals surface area (Å²) < 4.78 is 23.3. The molecular formula is C30H64N2O6P+. The van der Waals surface area contributed by atoms with Crippen molar-refractivity contribution in [3.05, 3.63) is 0 Å². The summed E-state index contributed by atoms with van der Waals surface area (Å²) in [7, 11) is 1.61. The molecule has 3 N–H and O–H groups in total. The zero-order valence-corrected chi connectivity index (χ0v) is 27.0. The first-order chi connectivity index (χ1) is 18.5. The number of rotatable bonds is 28. The van der Waals surface area contributed by atoms with Crippen LogP contribution in [0.3, 0.4) is 0 Å². The van der Waals surface area contributed by atoms with E-state index in [0.717, 1.165) is 38.5 Å². The molecule has 1 amide bonds. The molecule has 0 aliphatic heterocycles. The van der Waals surface area contributed by atoms with Gasteiger partial charge in [0.25, 0.3) is 0 Å². The van der Waals surface area contributed by atoms with Crippen molar-refractivity contribution in [1.29, 1.82) is 0 Å². The number of aliphatic hydroxyl groups excluding tert-OH is 1. The maximum Gasteiger partial charge on any atom is 0.472 e. The summed E-state index contributed by atoms with van der Waals surface area (Å²) in [5.74, 6) is -0.155. The molecule has 0 aliphatic rings. The van der Waals surface area contributed by atoms with Gasteiger partial charge in [-0.25, -0.2) is 4.57 Å². The number of phosphoric acid groups is 1. The molecule has 0 aliphatic carbocycles. The lowest BCUT2D eigenvalue weighted by atomic mass is 10.0. The van der Waals surface area contributed by atoms with E-state index < -0.39 is 20.0 Å². The fraction of sp³-hybridized carbons (Fsp3) is 0.967. The Morgan fingerprint density at radius 1 is 0.769 bits per heavy atom. The molecule has 0 aromatic rings. The molecule has 0 spiro atoms. The lowest BCUT2D eigenvalue weighted by Crippen LogP contribution is -2.46. The van der Waals surface area contributed by atoms with Crippen molar-refractivity contribution in [3.8, 4) is 0 Å². The average molecular weight is 580 g/mol. The van der Waals surface area contributed by atoms with Crippen LogP contribution in [0.4, 0.5) is 0 Å². The number of carbonyl (C=O) groups excluding carboxylic acids is 1. The van der Waals surface area contributed by atoms with Crippen LogP contribution in [0.15, 0.2) is 0 Å². The Hall–Kier alpha value is -0.500. The van der Waals surface area contributed by atoms with Crippen molar-refractivity contribution >= 4 is 13.7 Å².